The standard InChI is InChI=1S/C42H53NO5/c1-11-26(12-2)25-46-30-16-18-32-28(22-38(42(8,9)10)48-36(32)24-30)20-34-39(44)33(40(34)45)19-27-21-37(41(5,6)7)47-35-23-29(15-17-31(27)35)43(13-3)14-4/h15-24,26,35,44H,11-14,25H2,1-10H3/b28-20+,33-19+. The van der Waals surface area contributed by atoms with E-state index < -0.39 is 0 Å². The van der Waals surface area contributed by atoms with Crippen LogP contribution in [-0.4, -0.2) is 41.6 Å². The third-order valence-corrected chi connectivity index (χ3v) is 9.55. The van der Waals surface area contributed by atoms with Gasteiger partial charge >= 0.3 is 0 Å². The van der Waals surface area contributed by atoms with Crippen molar-refractivity contribution in [1.29, 1.82) is 0 Å². The van der Waals surface area contributed by atoms with Crippen molar-refractivity contribution in [3.63, 3.8) is 0 Å². The summed E-state index contributed by atoms with van der Waals surface area (Å²) in [6.45, 7) is 23.7. The second kappa shape index (κ2) is 13.7. The molecule has 0 bridgehead atoms. The second-order valence-electron chi connectivity index (χ2n) is 15.1. The highest BCUT2D eigenvalue weighted by Gasteiger charge is 2.36. The van der Waals surface area contributed by atoms with Gasteiger partial charge in [0.25, 0.3) is 0 Å². The van der Waals surface area contributed by atoms with Gasteiger partial charge in [-0.3, -0.25) is 4.79 Å². The maximum atomic E-state index is 13.7. The molecule has 2 heterocycles. The van der Waals surface area contributed by atoms with Crippen molar-refractivity contribution in [2.45, 2.75) is 88.2 Å². The molecular weight excluding hydrogens is 598 g/mol. The first-order valence-electron chi connectivity index (χ1n) is 17.5. The third-order valence-electron chi connectivity index (χ3n) is 9.55. The number of carbonyl (C=O) groups is 1. The number of carbonyl (C=O) groups excluding carboxylic acids is 1. The Morgan fingerprint density at radius 3 is 2.23 bits per heavy atom. The van der Waals surface area contributed by atoms with Crippen molar-refractivity contribution in [2.75, 3.05) is 19.7 Å². The first-order chi connectivity index (χ1) is 22.7. The molecule has 2 aliphatic carbocycles. The monoisotopic (exact) mass is 651 g/mol. The fourth-order valence-corrected chi connectivity index (χ4v) is 6.17. The van der Waals surface area contributed by atoms with Gasteiger partial charge in [0.15, 0.2) is 0 Å². The maximum absolute atomic E-state index is 13.7. The highest BCUT2D eigenvalue weighted by Crippen LogP contribution is 2.44. The largest absolute Gasteiger partial charge is 0.506 e. The summed E-state index contributed by atoms with van der Waals surface area (Å²) in [5.41, 5.74) is 4.72. The highest BCUT2D eigenvalue weighted by molar-refractivity contribution is 6.22. The van der Waals surface area contributed by atoms with Crippen molar-refractivity contribution in [1.82, 2.24) is 4.90 Å². The molecule has 0 saturated heterocycles. The quantitative estimate of drug-likeness (QED) is 0.254. The summed E-state index contributed by atoms with van der Waals surface area (Å²) in [4.78, 5) is 16.0. The predicted octanol–water partition coefficient (Wildman–Crippen LogP) is 9.95. The van der Waals surface area contributed by atoms with Gasteiger partial charge in [0.05, 0.1) is 17.8 Å². The van der Waals surface area contributed by atoms with E-state index in [1.54, 1.807) is 6.08 Å². The van der Waals surface area contributed by atoms with Crippen LogP contribution in [0.1, 0.15) is 87.6 Å². The number of ketones is 1. The number of hydrogen-bond donors (Lipinski definition) is 1. The molecule has 5 rings (SSSR count). The van der Waals surface area contributed by atoms with E-state index in [1.807, 2.05) is 36.4 Å². The van der Waals surface area contributed by atoms with Crippen molar-refractivity contribution in [3.05, 3.63) is 112 Å². The first kappa shape index (κ1) is 35.1. The smallest absolute Gasteiger partial charge is 0.200 e. The summed E-state index contributed by atoms with van der Waals surface area (Å²) in [6.07, 6.45) is 15.8. The Morgan fingerprint density at radius 1 is 0.938 bits per heavy atom. The summed E-state index contributed by atoms with van der Waals surface area (Å²) in [6, 6.07) is 5.85. The molecule has 6 heteroatoms. The fourth-order valence-electron chi connectivity index (χ4n) is 6.17. The van der Waals surface area contributed by atoms with Crippen LogP contribution in [0.2, 0.25) is 0 Å². The molecule has 1 unspecified atom stereocenters. The molecule has 0 saturated carbocycles. The maximum Gasteiger partial charge on any atom is 0.200 e. The van der Waals surface area contributed by atoms with Gasteiger partial charge in [-0.15, -0.1) is 0 Å². The lowest BCUT2D eigenvalue weighted by Gasteiger charge is -2.35. The molecule has 2 aliphatic heterocycles. The summed E-state index contributed by atoms with van der Waals surface area (Å²) in [5, 5.41) is 11.3. The van der Waals surface area contributed by atoms with Gasteiger partial charge in [0, 0.05) is 46.8 Å². The number of ether oxygens (including phenoxy) is 3. The minimum atomic E-state index is -0.275. The molecule has 1 aromatic carbocycles. The summed E-state index contributed by atoms with van der Waals surface area (Å²) in [5.74, 6) is 3.36. The second-order valence-corrected chi connectivity index (χ2v) is 15.1. The zero-order chi connectivity index (χ0) is 35.0. The Balaban J connectivity index is 1.52. The predicted molar refractivity (Wildman–Crippen MR) is 194 cm³/mol. The third kappa shape index (κ3) is 7.13. The molecule has 1 aromatic rings. The van der Waals surface area contributed by atoms with Gasteiger partial charge in [-0.2, -0.15) is 0 Å². The number of allylic oxidation sites excluding steroid dienone is 11. The van der Waals surface area contributed by atoms with Crippen molar-refractivity contribution >= 4 is 11.4 Å². The van der Waals surface area contributed by atoms with Crippen LogP contribution in [0, 0.1) is 16.7 Å². The number of fused-ring (bicyclic) bond motifs is 2. The minimum absolute atomic E-state index is 0.00242. The molecule has 0 radical (unpaired) electrons. The summed E-state index contributed by atoms with van der Waals surface area (Å²) in [7, 11) is 0. The van der Waals surface area contributed by atoms with Gasteiger partial charge < -0.3 is 24.2 Å². The van der Waals surface area contributed by atoms with Gasteiger partial charge in [-0.1, -0.05) is 74.3 Å². The van der Waals surface area contributed by atoms with Crippen LogP contribution in [0.25, 0.3) is 5.57 Å². The molecule has 0 fully saturated rings. The molecular formula is C42H53NO5. The molecule has 4 aliphatic rings. The average Bonchev–Trinajstić information content (AvgIpc) is 3.05. The lowest BCUT2D eigenvalue weighted by Crippen LogP contribution is -2.29. The van der Waals surface area contributed by atoms with E-state index in [9.17, 15) is 9.90 Å². The van der Waals surface area contributed by atoms with Crippen LogP contribution < -0.4 is 9.47 Å². The molecule has 6 nitrogen and oxygen atoms in total. The van der Waals surface area contributed by atoms with E-state index in [4.69, 9.17) is 14.2 Å². The Kier molecular flexibility index (Phi) is 10.1. The summed E-state index contributed by atoms with van der Waals surface area (Å²) < 4.78 is 19.0. The van der Waals surface area contributed by atoms with Crippen LogP contribution >= 0.6 is 0 Å². The van der Waals surface area contributed by atoms with Crippen LogP contribution in [-0.2, 0) is 9.53 Å². The minimum Gasteiger partial charge on any atom is -0.506 e. The number of hydrogen-bond acceptors (Lipinski definition) is 6. The van der Waals surface area contributed by atoms with E-state index in [0.717, 1.165) is 71.2 Å². The highest BCUT2D eigenvalue weighted by atomic mass is 16.5. The van der Waals surface area contributed by atoms with Crippen LogP contribution in [0.3, 0.4) is 0 Å². The van der Waals surface area contributed by atoms with Gasteiger partial charge in [-0.05, 0) is 79.5 Å². The molecule has 0 amide bonds. The fraction of sp³-hybridized carbons (Fsp3) is 0.452. The Morgan fingerprint density at radius 2 is 1.62 bits per heavy atom. The summed E-state index contributed by atoms with van der Waals surface area (Å²) >= 11 is 0. The Bertz CT molecular complexity index is 1700. The number of aliphatic hydroxyl groups is 1. The number of Topliss-reactive ketones (excluding diaryl/α,β-unsaturated/α-hetero) is 1. The lowest BCUT2D eigenvalue weighted by atomic mass is 9.81. The zero-order valence-corrected chi connectivity index (χ0v) is 30.5. The van der Waals surface area contributed by atoms with E-state index in [0.29, 0.717) is 29.4 Å². The van der Waals surface area contributed by atoms with Crippen molar-refractivity contribution in [3.8, 4) is 11.5 Å². The topological polar surface area (TPSA) is 68.2 Å². The van der Waals surface area contributed by atoms with Crippen LogP contribution in [0.5, 0.6) is 11.5 Å². The molecule has 48 heavy (non-hydrogen) atoms. The van der Waals surface area contributed by atoms with Gasteiger partial charge in [-0.25, -0.2) is 0 Å². The molecule has 1 N–H and O–H groups in total. The van der Waals surface area contributed by atoms with Gasteiger partial charge in [0.1, 0.15) is 34.9 Å². The Labute approximate surface area is 287 Å². The van der Waals surface area contributed by atoms with E-state index >= 15 is 0 Å². The number of aliphatic hydroxyl groups excluding tert-OH is 1. The number of likely N-dealkylation sites (N-methyl/N-ethyl adjacent to an activating group) is 1. The van der Waals surface area contributed by atoms with E-state index in [-0.39, 0.29) is 28.5 Å². The number of benzene rings is 1. The van der Waals surface area contributed by atoms with Gasteiger partial charge in [0.2, 0.25) is 5.78 Å². The molecule has 1 atom stereocenters. The number of rotatable bonds is 10. The Hall–Kier alpha value is -4.19. The average molecular weight is 652 g/mol. The zero-order valence-electron chi connectivity index (χ0n) is 30.5. The molecule has 0 aromatic heterocycles. The van der Waals surface area contributed by atoms with E-state index in [2.05, 4.69) is 92.4 Å². The van der Waals surface area contributed by atoms with Crippen LogP contribution in [0.15, 0.2) is 106 Å². The number of nitrogens with zero attached hydrogens (tertiary/aromatic N) is 1. The first-order valence-corrected chi connectivity index (χ1v) is 17.5. The van der Waals surface area contributed by atoms with Crippen LogP contribution in [0.4, 0.5) is 0 Å². The van der Waals surface area contributed by atoms with E-state index in [1.165, 1.54) is 0 Å². The SMILES string of the molecule is CCC(CC)COc1ccc2c(c1)OC(C(C)(C)C)=C/C2=C\C1=C(O)C(=C\C2=C3C=CC(N(CC)CC)=CC3OC(C(C)(C)C)=C2)/C1=O. The molecule has 256 valence electrons. The van der Waals surface area contributed by atoms with Crippen molar-refractivity contribution < 1.29 is 24.1 Å². The van der Waals surface area contributed by atoms with Crippen molar-refractivity contribution in [2.24, 2.45) is 16.7 Å². The lowest BCUT2D eigenvalue weighted by molar-refractivity contribution is -0.113. The normalized spacial score (nSPS) is 20.9. The molecule has 0 spiro atoms.